The number of fused-ring (bicyclic) bond motifs is 3. The van der Waals surface area contributed by atoms with E-state index in [2.05, 4.69) is 24.5 Å². The molecule has 150 valence electrons. The zero-order valence-corrected chi connectivity index (χ0v) is 17.7. The summed E-state index contributed by atoms with van der Waals surface area (Å²) in [6.07, 6.45) is 0.684. The van der Waals surface area contributed by atoms with Crippen molar-refractivity contribution in [3.63, 3.8) is 0 Å². The summed E-state index contributed by atoms with van der Waals surface area (Å²) in [4.78, 5) is 15.9. The Labute approximate surface area is 169 Å². The number of anilines is 1. The van der Waals surface area contributed by atoms with E-state index in [1.807, 2.05) is 25.1 Å². The maximum atomic E-state index is 12.9. The third kappa shape index (κ3) is 3.33. The van der Waals surface area contributed by atoms with E-state index in [1.165, 1.54) is 10.4 Å². The van der Waals surface area contributed by atoms with Gasteiger partial charge in [-0.3, -0.25) is 4.79 Å². The molecule has 4 rings (SSSR count). The number of amides is 1. The number of thiophene rings is 1. The van der Waals surface area contributed by atoms with Gasteiger partial charge < -0.3 is 25.0 Å². The third-order valence-corrected chi connectivity index (χ3v) is 6.75. The highest BCUT2D eigenvalue weighted by Crippen LogP contribution is 2.40. The molecule has 0 bridgehead atoms. The maximum absolute atomic E-state index is 12.9. The van der Waals surface area contributed by atoms with Crippen molar-refractivity contribution in [1.82, 2.24) is 5.32 Å². The van der Waals surface area contributed by atoms with Gasteiger partial charge in [-0.2, -0.15) is 0 Å². The SMILES string of the molecule is CCOc1ccc([C@@H]2NC(=O)c3c(sc4c3CC[NH+](C(C)C)C4)N2)cc1OC. The van der Waals surface area contributed by atoms with Crippen LogP contribution in [-0.2, 0) is 13.0 Å². The fraction of sp³-hybridized carbons (Fsp3) is 0.476. The standard InChI is InChI=1S/C21H27N3O3S/c1-5-27-15-7-6-13(10-16(15)26-4)19-22-20(25)18-14-8-9-24(12(2)3)11-17(14)28-21(18)23-19/h6-7,10,12,19,23H,5,8-9,11H2,1-4H3,(H,22,25)/p+1/t19-/m1/s1. The van der Waals surface area contributed by atoms with Crippen LogP contribution in [0.2, 0.25) is 0 Å². The third-order valence-electron chi connectivity index (χ3n) is 5.59. The van der Waals surface area contributed by atoms with Crippen molar-refractivity contribution in [3.05, 3.63) is 39.8 Å². The molecule has 2 aliphatic heterocycles. The minimum absolute atomic E-state index is 0.0112. The Balaban J connectivity index is 1.62. The van der Waals surface area contributed by atoms with E-state index in [9.17, 15) is 4.79 Å². The summed E-state index contributed by atoms with van der Waals surface area (Å²) >= 11 is 1.73. The Kier molecular flexibility index (Phi) is 5.21. The van der Waals surface area contributed by atoms with Crippen LogP contribution in [0.25, 0.3) is 0 Å². The van der Waals surface area contributed by atoms with Crippen molar-refractivity contribution in [1.29, 1.82) is 0 Å². The van der Waals surface area contributed by atoms with Gasteiger partial charge in [-0.15, -0.1) is 11.3 Å². The van der Waals surface area contributed by atoms with Gasteiger partial charge in [-0.25, -0.2) is 0 Å². The molecule has 0 radical (unpaired) electrons. The molecule has 0 fully saturated rings. The second-order valence-electron chi connectivity index (χ2n) is 7.59. The van der Waals surface area contributed by atoms with Crippen LogP contribution in [0.3, 0.4) is 0 Å². The van der Waals surface area contributed by atoms with Crippen molar-refractivity contribution in [2.75, 3.05) is 25.6 Å². The predicted molar refractivity (Wildman–Crippen MR) is 111 cm³/mol. The zero-order chi connectivity index (χ0) is 19.8. The predicted octanol–water partition coefficient (Wildman–Crippen LogP) is 2.36. The lowest BCUT2D eigenvalue weighted by molar-refractivity contribution is -0.936. The molecule has 28 heavy (non-hydrogen) atoms. The lowest BCUT2D eigenvalue weighted by Gasteiger charge is -2.29. The molecule has 1 amide bonds. The lowest BCUT2D eigenvalue weighted by Crippen LogP contribution is -3.14. The number of hydrogen-bond donors (Lipinski definition) is 3. The molecule has 0 spiro atoms. The van der Waals surface area contributed by atoms with Crippen molar-refractivity contribution in [2.24, 2.45) is 0 Å². The summed E-state index contributed by atoms with van der Waals surface area (Å²) in [5.41, 5.74) is 3.02. The van der Waals surface area contributed by atoms with Crippen molar-refractivity contribution in [3.8, 4) is 11.5 Å². The number of benzene rings is 1. The molecule has 2 aliphatic rings. The van der Waals surface area contributed by atoms with Crippen molar-refractivity contribution in [2.45, 2.75) is 45.9 Å². The van der Waals surface area contributed by atoms with Gasteiger partial charge in [0.25, 0.3) is 5.91 Å². The summed E-state index contributed by atoms with van der Waals surface area (Å²) in [6, 6.07) is 6.38. The molecule has 1 aromatic carbocycles. The molecule has 3 heterocycles. The molecule has 7 heteroatoms. The Bertz CT molecular complexity index is 893. The van der Waals surface area contributed by atoms with Crippen LogP contribution in [0.15, 0.2) is 18.2 Å². The first-order valence-electron chi connectivity index (χ1n) is 9.89. The van der Waals surface area contributed by atoms with Crippen LogP contribution in [0.4, 0.5) is 5.00 Å². The van der Waals surface area contributed by atoms with E-state index in [1.54, 1.807) is 23.3 Å². The molecule has 2 aromatic rings. The summed E-state index contributed by atoms with van der Waals surface area (Å²) in [6.45, 7) is 9.12. The highest BCUT2D eigenvalue weighted by molar-refractivity contribution is 7.16. The molecule has 0 saturated heterocycles. The first-order chi connectivity index (χ1) is 13.5. The number of methoxy groups -OCH3 is 1. The van der Waals surface area contributed by atoms with Crippen molar-refractivity contribution >= 4 is 22.2 Å². The van der Waals surface area contributed by atoms with Gasteiger partial charge in [0.15, 0.2) is 11.5 Å². The van der Waals surface area contributed by atoms with Gasteiger partial charge in [0, 0.05) is 6.42 Å². The average Bonchev–Trinajstić information content (AvgIpc) is 3.06. The number of quaternary nitrogens is 1. The van der Waals surface area contributed by atoms with Gasteiger partial charge in [-0.05, 0) is 44.0 Å². The normalized spacial score (nSPS) is 20.8. The quantitative estimate of drug-likeness (QED) is 0.719. The summed E-state index contributed by atoms with van der Waals surface area (Å²) < 4.78 is 11.1. The molecule has 6 nitrogen and oxygen atoms in total. The average molecular weight is 403 g/mol. The molecular formula is C21H28N3O3S+. The summed E-state index contributed by atoms with van der Waals surface area (Å²) in [7, 11) is 1.63. The fourth-order valence-electron chi connectivity index (χ4n) is 4.01. The Morgan fingerprint density at radius 3 is 2.82 bits per heavy atom. The van der Waals surface area contributed by atoms with Gasteiger partial charge in [0.1, 0.15) is 17.7 Å². The lowest BCUT2D eigenvalue weighted by atomic mass is 9.99. The van der Waals surface area contributed by atoms with E-state index >= 15 is 0 Å². The molecule has 1 unspecified atom stereocenters. The highest BCUT2D eigenvalue weighted by atomic mass is 32.1. The summed E-state index contributed by atoms with van der Waals surface area (Å²) in [5, 5.41) is 7.63. The smallest absolute Gasteiger partial charge is 0.256 e. The minimum Gasteiger partial charge on any atom is -0.493 e. The largest absolute Gasteiger partial charge is 0.493 e. The Morgan fingerprint density at radius 2 is 2.11 bits per heavy atom. The van der Waals surface area contributed by atoms with Crippen LogP contribution in [0, 0.1) is 0 Å². The van der Waals surface area contributed by atoms with E-state index < -0.39 is 0 Å². The highest BCUT2D eigenvalue weighted by Gasteiger charge is 2.35. The van der Waals surface area contributed by atoms with Gasteiger partial charge in [0.2, 0.25) is 0 Å². The van der Waals surface area contributed by atoms with Gasteiger partial charge in [0.05, 0.1) is 36.7 Å². The van der Waals surface area contributed by atoms with E-state index in [0.717, 1.165) is 35.6 Å². The fourth-order valence-corrected chi connectivity index (χ4v) is 5.34. The van der Waals surface area contributed by atoms with E-state index in [-0.39, 0.29) is 12.1 Å². The summed E-state index contributed by atoms with van der Waals surface area (Å²) in [5.74, 6) is 1.39. The Hall–Kier alpha value is -2.25. The van der Waals surface area contributed by atoms with Crippen molar-refractivity contribution < 1.29 is 19.2 Å². The number of carbonyl (C=O) groups is 1. The first-order valence-corrected chi connectivity index (χ1v) is 10.7. The van der Waals surface area contributed by atoms with Crippen LogP contribution in [-0.4, -0.2) is 32.2 Å². The second-order valence-corrected chi connectivity index (χ2v) is 8.70. The van der Waals surface area contributed by atoms with Crippen LogP contribution < -0.4 is 25.0 Å². The van der Waals surface area contributed by atoms with Gasteiger partial charge in [-0.1, -0.05) is 6.07 Å². The second kappa shape index (κ2) is 7.64. The van der Waals surface area contributed by atoms with E-state index in [4.69, 9.17) is 9.47 Å². The number of carbonyl (C=O) groups excluding carboxylic acids is 1. The monoisotopic (exact) mass is 402 g/mol. The number of rotatable bonds is 5. The first kappa shape index (κ1) is 19.1. The molecule has 3 N–H and O–H groups in total. The molecular weight excluding hydrogens is 374 g/mol. The van der Waals surface area contributed by atoms with Crippen LogP contribution in [0.5, 0.6) is 11.5 Å². The molecule has 0 aliphatic carbocycles. The minimum atomic E-state index is -0.279. The molecule has 1 aromatic heterocycles. The maximum Gasteiger partial charge on any atom is 0.256 e. The zero-order valence-electron chi connectivity index (χ0n) is 16.8. The van der Waals surface area contributed by atoms with Crippen LogP contribution >= 0.6 is 11.3 Å². The van der Waals surface area contributed by atoms with E-state index in [0.29, 0.717) is 24.1 Å². The topological polar surface area (TPSA) is 64.0 Å². The Morgan fingerprint density at radius 1 is 1.29 bits per heavy atom. The number of hydrogen-bond acceptors (Lipinski definition) is 5. The van der Waals surface area contributed by atoms with Crippen LogP contribution in [0.1, 0.15) is 53.3 Å². The number of nitrogens with one attached hydrogen (secondary N) is 3. The van der Waals surface area contributed by atoms with Gasteiger partial charge >= 0.3 is 0 Å². The number of ether oxygens (including phenoxy) is 2. The molecule has 0 saturated carbocycles. The molecule has 2 atom stereocenters.